The highest BCUT2D eigenvalue weighted by atomic mass is 31.2. The zero-order valence-corrected chi connectivity index (χ0v) is 13.3. The van der Waals surface area contributed by atoms with Gasteiger partial charge < -0.3 is 9.42 Å². The average Bonchev–Trinajstić information content (AvgIpc) is 2.44. The Morgan fingerprint density at radius 2 is 1.55 bits per heavy atom. The molecule has 0 amide bonds. The molecule has 0 aromatic rings. The van der Waals surface area contributed by atoms with Gasteiger partial charge in [-0.15, -0.1) is 6.58 Å². The summed E-state index contributed by atoms with van der Waals surface area (Å²) in [4.78, 5) is 9.20. The fourth-order valence-electron chi connectivity index (χ4n) is 1.52. The predicted molar refractivity (Wildman–Crippen MR) is 87.0 cm³/mol. The lowest BCUT2D eigenvalue weighted by Gasteiger charge is -2.06. The molecular formula is C16H27O3P. The van der Waals surface area contributed by atoms with Gasteiger partial charge in [0.05, 0.1) is 0 Å². The van der Waals surface area contributed by atoms with Crippen molar-refractivity contribution in [2.24, 2.45) is 0 Å². The van der Waals surface area contributed by atoms with Crippen molar-refractivity contribution in [1.82, 2.24) is 0 Å². The van der Waals surface area contributed by atoms with E-state index in [1.807, 2.05) is 6.08 Å². The number of hydrogen-bond acceptors (Lipinski definition) is 2. The number of unbranched alkanes of at least 4 members (excludes halogenated alkanes) is 2. The second-order valence-electron chi connectivity index (χ2n) is 4.45. The van der Waals surface area contributed by atoms with Crippen LogP contribution in [0.2, 0.25) is 0 Å². The lowest BCUT2D eigenvalue weighted by Crippen LogP contribution is -1.90. The molecule has 0 saturated heterocycles. The van der Waals surface area contributed by atoms with Gasteiger partial charge in [0.1, 0.15) is 0 Å². The molecule has 1 atom stereocenters. The Morgan fingerprint density at radius 3 is 2.10 bits per heavy atom. The molecule has 0 saturated carbocycles. The molecule has 0 aliphatic heterocycles. The molecular weight excluding hydrogens is 271 g/mol. The molecule has 1 N–H and O–H groups in total. The Kier molecular flexibility index (Phi) is 12.5. The van der Waals surface area contributed by atoms with Crippen molar-refractivity contribution in [1.29, 1.82) is 0 Å². The van der Waals surface area contributed by atoms with Crippen molar-refractivity contribution in [2.75, 3.05) is 13.3 Å². The van der Waals surface area contributed by atoms with Crippen molar-refractivity contribution in [3.05, 3.63) is 49.1 Å². The maximum Gasteiger partial charge on any atom is 0.327 e. The Bertz CT molecular complexity index is 370. The van der Waals surface area contributed by atoms with E-state index in [0.29, 0.717) is 0 Å². The van der Waals surface area contributed by atoms with E-state index in [1.165, 1.54) is 7.11 Å². The molecule has 0 heterocycles. The second-order valence-corrected chi connectivity index (χ2v) is 6.54. The highest BCUT2D eigenvalue weighted by molar-refractivity contribution is 7.52. The van der Waals surface area contributed by atoms with Crippen LogP contribution in [0.1, 0.15) is 38.5 Å². The van der Waals surface area contributed by atoms with E-state index in [1.54, 1.807) is 0 Å². The summed E-state index contributed by atoms with van der Waals surface area (Å²) in [5, 5.41) is 0. The SMILES string of the molecule is C=CC/C=C\C/C=C\C/C=C\CCCCP(=O)(O)OC. The first-order chi connectivity index (χ1) is 9.62. The first-order valence-corrected chi connectivity index (χ1v) is 8.82. The van der Waals surface area contributed by atoms with E-state index in [-0.39, 0.29) is 6.16 Å². The van der Waals surface area contributed by atoms with Gasteiger partial charge in [0, 0.05) is 13.3 Å². The van der Waals surface area contributed by atoms with Gasteiger partial charge in [-0.25, -0.2) is 0 Å². The Labute approximate surface area is 123 Å². The summed E-state index contributed by atoms with van der Waals surface area (Å²) in [5.41, 5.74) is 0. The molecule has 0 aromatic carbocycles. The maximum absolute atomic E-state index is 11.2. The molecule has 4 heteroatoms. The van der Waals surface area contributed by atoms with Gasteiger partial charge in [-0.05, 0) is 38.5 Å². The Balaban J connectivity index is 3.47. The minimum absolute atomic E-state index is 0.244. The van der Waals surface area contributed by atoms with Gasteiger partial charge in [-0.1, -0.05) is 42.5 Å². The molecule has 0 aliphatic rings. The molecule has 0 fully saturated rings. The van der Waals surface area contributed by atoms with Crippen molar-refractivity contribution in [3.8, 4) is 0 Å². The predicted octanol–water partition coefficient (Wildman–Crippen LogP) is 5.01. The van der Waals surface area contributed by atoms with Crippen LogP contribution >= 0.6 is 7.60 Å². The normalized spacial score (nSPS) is 15.3. The lowest BCUT2D eigenvalue weighted by atomic mass is 10.2. The molecule has 0 aliphatic carbocycles. The van der Waals surface area contributed by atoms with Crippen LogP contribution < -0.4 is 0 Å². The van der Waals surface area contributed by atoms with Crippen LogP contribution in [0, 0.1) is 0 Å². The molecule has 114 valence electrons. The third kappa shape index (κ3) is 13.5. The van der Waals surface area contributed by atoms with Gasteiger partial charge in [-0.2, -0.15) is 0 Å². The Morgan fingerprint density at radius 1 is 1.00 bits per heavy atom. The highest BCUT2D eigenvalue weighted by Gasteiger charge is 2.14. The lowest BCUT2D eigenvalue weighted by molar-refractivity contribution is 0.314. The fraction of sp³-hybridized carbons (Fsp3) is 0.500. The standard InChI is InChI=1S/C16H27O3P/c1-3-4-5-6-7-8-9-10-11-12-13-14-15-16-20(17,18)19-2/h3,5-6,8-9,11-12H,1,4,7,10,13-16H2,2H3,(H,17,18)/b6-5-,9-8-,12-11-. The van der Waals surface area contributed by atoms with Crippen LogP contribution in [0.25, 0.3) is 0 Å². The molecule has 0 bridgehead atoms. The monoisotopic (exact) mass is 298 g/mol. The van der Waals surface area contributed by atoms with E-state index in [2.05, 4.69) is 47.6 Å². The van der Waals surface area contributed by atoms with Crippen molar-refractivity contribution >= 4 is 7.60 Å². The quantitative estimate of drug-likeness (QED) is 0.313. The van der Waals surface area contributed by atoms with E-state index in [9.17, 15) is 9.46 Å². The van der Waals surface area contributed by atoms with Crippen LogP contribution in [0.15, 0.2) is 49.1 Å². The Hall–Kier alpha value is -0.890. The summed E-state index contributed by atoms with van der Waals surface area (Å²) in [6.07, 6.45) is 20.3. The first-order valence-electron chi connectivity index (χ1n) is 7.06. The fourth-order valence-corrected chi connectivity index (χ4v) is 2.32. The topological polar surface area (TPSA) is 46.5 Å². The van der Waals surface area contributed by atoms with E-state index < -0.39 is 7.60 Å². The zero-order valence-electron chi connectivity index (χ0n) is 12.4. The summed E-state index contributed by atoms with van der Waals surface area (Å²) in [5.74, 6) is 0. The number of allylic oxidation sites excluding steroid dienone is 7. The summed E-state index contributed by atoms with van der Waals surface area (Å²) < 4.78 is 15.7. The van der Waals surface area contributed by atoms with Crippen LogP contribution in [0.5, 0.6) is 0 Å². The maximum atomic E-state index is 11.2. The van der Waals surface area contributed by atoms with Gasteiger partial charge in [-0.3, -0.25) is 4.57 Å². The van der Waals surface area contributed by atoms with Crippen LogP contribution in [-0.4, -0.2) is 18.2 Å². The largest absolute Gasteiger partial charge is 0.327 e. The molecule has 1 unspecified atom stereocenters. The average molecular weight is 298 g/mol. The molecule has 0 aromatic heterocycles. The van der Waals surface area contributed by atoms with Crippen LogP contribution in [0.4, 0.5) is 0 Å². The molecule has 0 rings (SSSR count). The van der Waals surface area contributed by atoms with Gasteiger partial charge in [0.2, 0.25) is 0 Å². The second kappa shape index (κ2) is 13.1. The summed E-state index contributed by atoms with van der Waals surface area (Å²) >= 11 is 0. The minimum Gasteiger partial charge on any atom is -0.324 e. The first kappa shape index (κ1) is 19.1. The zero-order chi connectivity index (χ0) is 15.1. The van der Waals surface area contributed by atoms with Crippen LogP contribution in [-0.2, 0) is 9.09 Å². The van der Waals surface area contributed by atoms with Crippen molar-refractivity contribution in [2.45, 2.75) is 38.5 Å². The van der Waals surface area contributed by atoms with Gasteiger partial charge in [0.15, 0.2) is 0 Å². The van der Waals surface area contributed by atoms with E-state index >= 15 is 0 Å². The van der Waals surface area contributed by atoms with Crippen LogP contribution in [0.3, 0.4) is 0 Å². The van der Waals surface area contributed by atoms with E-state index in [4.69, 9.17) is 0 Å². The van der Waals surface area contributed by atoms with Crippen molar-refractivity contribution in [3.63, 3.8) is 0 Å². The summed E-state index contributed by atoms with van der Waals surface area (Å²) in [6, 6.07) is 0. The minimum atomic E-state index is -3.30. The van der Waals surface area contributed by atoms with Gasteiger partial charge >= 0.3 is 7.60 Å². The summed E-state index contributed by atoms with van der Waals surface area (Å²) in [7, 11) is -2.03. The third-order valence-electron chi connectivity index (χ3n) is 2.69. The van der Waals surface area contributed by atoms with Crippen molar-refractivity contribution < 1.29 is 14.0 Å². The summed E-state index contributed by atoms with van der Waals surface area (Å²) in [6.45, 7) is 3.65. The highest BCUT2D eigenvalue weighted by Crippen LogP contribution is 2.41. The molecule has 0 spiro atoms. The number of rotatable bonds is 12. The molecule has 20 heavy (non-hydrogen) atoms. The third-order valence-corrected chi connectivity index (χ3v) is 4.15. The van der Waals surface area contributed by atoms with E-state index in [0.717, 1.165) is 38.5 Å². The smallest absolute Gasteiger partial charge is 0.324 e. The molecule has 3 nitrogen and oxygen atoms in total. The molecule has 0 radical (unpaired) electrons. The van der Waals surface area contributed by atoms with Gasteiger partial charge in [0.25, 0.3) is 0 Å². The number of hydrogen-bond donors (Lipinski definition) is 1.